The number of rotatable bonds is 8. The van der Waals surface area contributed by atoms with Crippen molar-refractivity contribution in [2.45, 2.75) is 81.9 Å². The Kier molecular flexibility index (Phi) is 8.81. The van der Waals surface area contributed by atoms with Crippen molar-refractivity contribution in [1.82, 2.24) is 0 Å². The van der Waals surface area contributed by atoms with E-state index in [2.05, 4.69) is 46.0 Å². The van der Waals surface area contributed by atoms with Gasteiger partial charge in [-0.25, -0.2) is 0 Å². The molecular weight excluding hydrogens is 502 g/mol. The molecule has 1 heterocycles. The van der Waals surface area contributed by atoms with Crippen LogP contribution >= 0.6 is 0 Å². The van der Waals surface area contributed by atoms with Crippen LogP contribution in [0.1, 0.15) is 33.3 Å². The molecule has 0 spiro atoms. The summed E-state index contributed by atoms with van der Waals surface area (Å²) >= 11 is -0.166. The van der Waals surface area contributed by atoms with Gasteiger partial charge in [0.1, 0.15) is 0 Å². The average molecular weight is 540 g/mol. The third kappa shape index (κ3) is 6.68. The first-order chi connectivity index (χ1) is 15.5. The molecule has 1 aliphatic rings. The fourth-order valence-corrected chi connectivity index (χ4v) is 7.33. The number of benzene rings is 2. The summed E-state index contributed by atoms with van der Waals surface area (Å²) in [6.07, 6.45) is -2.51. The molecule has 0 aliphatic carbocycles. The Bertz CT molecular complexity index is 872. The Balaban J connectivity index is 1.88. The van der Waals surface area contributed by atoms with Crippen molar-refractivity contribution in [3.05, 3.63) is 60.2 Å². The van der Waals surface area contributed by atoms with Crippen molar-refractivity contribution >= 4 is 27.7 Å². The molecule has 1 unspecified atom stereocenters. The van der Waals surface area contributed by atoms with E-state index in [9.17, 15) is 0 Å². The second-order valence-electron chi connectivity index (χ2n) is 10.1. The maximum atomic E-state index is 15.4. The molecular formula is C26H37FO4SeSi. The van der Waals surface area contributed by atoms with Gasteiger partial charge in [-0.15, -0.1) is 0 Å². The molecule has 0 saturated carbocycles. The monoisotopic (exact) mass is 540 g/mol. The van der Waals surface area contributed by atoms with Crippen molar-refractivity contribution in [3.63, 3.8) is 0 Å². The molecule has 0 aromatic heterocycles. The topological polar surface area (TPSA) is 36.9 Å². The first-order valence-electron chi connectivity index (χ1n) is 11.5. The van der Waals surface area contributed by atoms with Crippen molar-refractivity contribution < 1.29 is 23.0 Å². The molecule has 0 radical (unpaired) electrons. The van der Waals surface area contributed by atoms with E-state index in [0.717, 1.165) is 15.8 Å². The average Bonchev–Trinajstić information content (AvgIpc) is 2.76. The summed E-state index contributed by atoms with van der Waals surface area (Å²) < 4.78 is 40.9. The molecule has 4 nitrogen and oxygen atoms in total. The summed E-state index contributed by atoms with van der Waals surface area (Å²) in [7, 11) is -0.484. The SMILES string of the molecule is COc1ccc(CO[C@H]2[C@H](O[Si](C)(C)C(C)(C)C)[C@@H](C)OC(F)[C@@H]2[Se]c2ccccc2)cc1. The van der Waals surface area contributed by atoms with E-state index in [1.165, 1.54) is 0 Å². The molecule has 2 aromatic rings. The molecule has 182 valence electrons. The van der Waals surface area contributed by atoms with Crippen LogP contribution in [-0.4, -0.2) is 55.1 Å². The summed E-state index contributed by atoms with van der Waals surface area (Å²) in [6.45, 7) is 13.4. The standard InChI is InChI=1S/C26H37FO4SeSi/c1-18-22(31-33(6,7)26(2,3)4)23(29-17-19-13-15-20(28-5)16-14-19)24(25(27)30-18)32-21-11-9-8-10-12-21/h8-16,18,22-25H,17H2,1-7H3/t18-,22-,23+,24-,25?/m1/s1. The summed E-state index contributed by atoms with van der Waals surface area (Å²) in [4.78, 5) is -0.399. The molecule has 0 bridgehead atoms. The van der Waals surface area contributed by atoms with Gasteiger partial charge in [0.05, 0.1) is 0 Å². The minimum atomic E-state index is -2.13. The Morgan fingerprint density at radius 1 is 1.00 bits per heavy atom. The number of methoxy groups -OCH3 is 1. The zero-order valence-corrected chi connectivity index (χ0v) is 23.4. The number of ether oxygens (including phenoxy) is 3. The van der Waals surface area contributed by atoms with Crippen LogP contribution in [-0.2, 0) is 20.5 Å². The Morgan fingerprint density at radius 2 is 1.64 bits per heavy atom. The van der Waals surface area contributed by atoms with Crippen LogP contribution in [0, 0.1) is 0 Å². The van der Waals surface area contributed by atoms with E-state index in [0.29, 0.717) is 6.61 Å². The van der Waals surface area contributed by atoms with Crippen molar-refractivity contribution in [3.8, 4) is 5.75 Å². The maximum absolute atomic E-state index is 15.4. The zero-order chi connectivity index (χ0) is 24.2. The third-order valence-corrected chi connectivity index (χ3v) is 13.8. The van der Waals surface area contributed by atoms with Gasteiger partial charge >= 0.3 is 206 Å². The Labute approximate surface area is 205 Å². The van der Waals surface area contributed by atoms with Gasteiger partial charge in [-0.3, -0.25) is 0 Å². The first kappa shape index (κ1) is 26.4. The normalized spacial score (nSPS) is 26.2. The predicted octanol–water partition coefficient (Wildman–Crippen LogP) is 5.50. The van der Waals surface area contributed by atoms with Crippen molar-refractivity contribution in [2.75, 3.05) is 7.11 Å². The molecule has 0 N–H and O–H groups in total. The van der Waals surface area contributed by atoms with Gasteiger partial charge in [-0.2, -0.15) is 0 Å². The van der Waals surface area contributed by atoms with Crippen LogP contribution in [0.25, 0.3) is 0 Å². The van der Waals surface area contributed by atoms with E-state index in [-0.39, 0.29) is 26.1 Å². The molecule has 3 rings (SSSR count). The van der Waals surface area contributed by atoms with Crippen molar-refractivity contribution in [1.29, 1.82) is 0 Å². The second-order valence-corrected chi connectivity index (χ2v) is 17.4. The number of hydrogen-bond donors (Lipinski definition) is 0. The van der Waals surface area contributed by atoms with Crippen LogP contribution in [0.15, 0.2) is 54.6 Å². The van der Waals surface area contributed by atoms with Gasteiger partial charge in [0, 0.05) is 0 Å². The zero-order valence-electron chi connectivity index (χ0n) is 20.7. The fourth-order valence-electron chi connectivity index (χ4n) is 3.52. The van der Waals surface area contributed by atoms with Crippen LogP contribution in [0.3, 0.4) is 0 Å². The molecule has 33 heavy (non-hydrogen) atoms. The molecule has 1 aliphatic heterocycles. The van der Waals surface area contributed by atoms with E-state index in [1.807, 2.05) is 49.4 Å². The summed E-state index contributed by atoms with van der Waals surface area (Å²) in [5.41, 5.74) is 1.02. The molecule has 5 atom stereocenters. The van der Waals surface area contributed by atoms with Gasteiger partial charge in [-0.05, 0) is 0 Å². The van der Waals surface area contributed by atoms with Crippen LogP contribution in [0.4, 0.5) is 4.39 Å². The van der Waals surface area contributed by atoms with Crippen molar-refractivity contribution in [2.24, 2.45) is 0 Å². The number of hydrogen-bond acceptors (Lipinski definition) is 4. The Morgan fingerprint density at radius 3 is 2.21 bits per heavy atom. The molecule has 1 fully saturated rings. The van der Waals surface area contributed by atoms with Gasteiger partial charge in [0.2, 0.25) is 0 Å². The molecule has 2 aromatic carbocycles. The van der Waals surface area contributed by atoms with E-state index in [1.54, 1.807) is 7.11 Å². The van der Waals surface area contributed by atoms with E-state index in [4.69, 9.17) is 18.6 Å². The minimum absolute atomic E-state index is 0.0277. The summed E-state index contributed by atoms with van der Waals surface area (Å²) in [6, 6.07) is 17.9. The van der Waals surface area contributed by atoms with Gasteiger partial charge in [0.15, 0.2) is 0 Å². The quantitative estimate of drug-likeness (QED) is 0.415. The molecule has 1 saturated heterocycles. The number of alkyl halides is 1. The Hall–Kier alpha value is -1.21. The van der Waals surface area contributed by atoms with Gasteiger partial charge < -0.3 is 0 Å². The van der Waals surface area contributed by atoms with Crippen LogP contribution in [0.5, 0.6) is 5.75 Å². The predicted molar refractivity (Wildman–Crippen MR) is 135 cm³/mol. The van der Waals surface area contributed by atoms with E-state index < -0.39 is 31.7 Å². The van der Waals surface area contributed by atoms with Gasteiger partial charge in [-0.1, -0.05) is 0 Å². The summed E-state index contributed by atoms with van der Waals surface area (Å²) in [5, 5.41) is 0.0277. The first-order valence-corrected chi connectivity index (χ1v) is 16.2. The number of halogens is 1. The van der Waals surface area contributed by atoms with E-state index >= 15 is 4.39 Å². The second kappa shape index (κ2) is 11.0. The van der Waals surface area contributed by atoms with Gasteiger partial charge in [0.25, 0.3) is 0 Å². The molecule has 0 amide bonds. The summed E-state index contributed by atoms with van der Waals surface area (Å²) in [5.74, 6) is 0.798. The third-order valence-electron chi connectivity index (χ3n) is 6.57. The van der Waals surface area contributed by atoms with Crippen LogP contribution in [0.2, 0.25) is 22.9 Å². The fraction of sp³-hybridized carbons (Fsp3) is 0.538. The van der Waals surface area contributed by atoms with Crippen LogP contribution < -0.4 is 9.20 Å². The molecule has 7 heteroatoms.